The molecule has 1 saturated heterocycles. The van der Waals surface area contributed by atoms with E-state index in [-0.39, 0.29) is 12.1 Å². The summed E-state index contributed by atoms with van der Waals surface area (Å²) < 4.78 is 5.25. The molecule has 1 aliphatic heterocycles. The molecule has 23 heavy (non-hydrogen) atoms. The topological polar surface area (TPSA) is 69.0 Å². The number of amides is 2. The average molecular weight is 321 g/mol. The van der Waals surface area contributed by atoms with Crippen molar-refractivity contribution < 1.29 is 14.3 Å². The largest absolute Gasteiger partial charge is 0.467 e. The predicted octanol–water partition coefficient (Wildman–Crippen LogP) is 1.97. The maximum Gasteiger partial charge on any atom is 0.317 e. The third-order valence-corrected chi connectivity index (χ3v) is 4.92. The maximum absolute atomic E-state index is 12.4. The Kier molecular flexibility index (Phi) is 5.23. The Morgan fingerprint density at radius 2 is 2.35 bits per heavy atom. The van der Waals surface area contributed by atoms with Crippen molar-refractivity contribution in [3.63, 3.8) is 0 Å². The Morgan fingerprint density at radius 1 is 1.52 bits per heavy atom. The molecule has 6 heteroatoms. The molecule has 2 fully saturated rings. The smallest absolute Gasteiger partial charge is 0.317 e. The van der Waals surface area contributed by atoms with Crippen molar-refractivity contribution in [2.45, 2.75) is 50.3 Å². The summed E-state index contributed by atoms with van der Waals surface area (Å²) in [4.78, 5) is 16.6. The highest BCUT2D eigenvalue weighted by Crippen LogP contribution is 2.27. The van der Waals surface area contributed by atoms with E-state index in [0.29, 0.717) is 18.7 Å². The van der Waals surface area contributed by atoms with Crippen LogP contribution >= 0.6 is 0 Å². The maximum atomic E-state index is 12.4. The molecule has 2 atom stereocenters. The first-order valence-electron chi connectivity index (χ1n) is 8.61. The highest BCUT2D eigenvalue weighted by Gasteiger charge is 2.31. The van der Waals surface area contributed by atoms with Crippen molar-refractivity contribution in [3.8, 4) is 0 Å². The molecule has 2 aliphatic rings. The molecule has 128 valence electrons. The van der Waals surface area contributed by atoms with Gasteiger partial charge < -0.3 is 24.6 Å². The van der Waals surface area contributed by atoms with Crippen molar-refractivity contribution >= 4 is 6.03 Å². The van der Waals surface area contributed by atoms with E-state index in [0.717, 1.165) is 32.0 Å². The number of rotatable bonds is 7. The molecule has 0 spiro atoms. The van der Waals surface area contributed by atoms with Gasteiger partial charge in [0.1, 0.15) is 11.9 Å². The first-order valence-corrected chi connectivity index (χ1v) is 8.61. The lowest BCUT2D eigenvalue weighted by atomic mass is 10.1. The zero-order valence-corrected chi connectivity index (χ0v) is 13.8. The van der Waals surface area contributed by atoms with Gasteiger partial charge >= 0.3 is 6.03 Å². The molecule has 3 rings (SSSR count). The summed E-state index contributed by atoms with van der Waals surface area (Å²) in [6.45, 7) is 2.33. The lowest BCUT2D eigenvalue weighted by Gasteiger charge is -2.27. The Morgan fingerprint density at radius 3 is 3.04 bits per heavy atom. The van der Waals surface area contributed by atoms with Crippen LogP contribution in [-0.2, 0) is 0 Å². The summed E-state index contributed by atoms with van der Waals surface area (Å²) in [5, 5.41) is 13.2. The number of nitrogens with one attached hydrogen (secondary N) is 1. The number of furan rings is 1. The minimum Gasteiger partial charge on any atom is -0.467 e. The van der Waals surface area contributed by atoms with Crippen LogP contribution in [0, 0.1) is 0 Å². The number of aliphatic hydroxyl groups excluding tert-OH is 1. The van der Waals surface area contributed by atoms with E-state index in [2.05, 4.69) is 17.3 Å². The molecule has 1 aromatic heterocycles. The van der Waals surface area contributed by atoms with Crippen molar-refractivity contribution in [1.29, 1.82) is 0 Å². The average Bonchev–Trinajstić information content (AvgIpc) is 3.05. The van der Waals surface area contributed by atoms with Crippen molar-refractivity contribution in [2.24, 2.45) is 0 Å². The number of aliphatic hydroxyl groups is 1. The number of hydrogen-bond acceptors (Lipinski definition) is 4. The number of nitrogens with zero attached hydrogens (tertiary/aromatic N) is 2. The van der Waals surface area contributed by atoms with Crippen LogP contribution in [0.25, 0.3) is 0 Å². The monoisotopic (exact) mass is 321 g/mol. The summed E-state index contributed by atoms with van der Waals surface area (Å²) in [5.74, 6) is 0.573. The molecule has 0 aromatic carbocycles. The number of likely N-dealkylation sites (tertiary alicyclic amines) is 1. The second kappa shape index (κ2) is 7.36. The van der Waals surface area contributed by atoms with Gasteiger partial charge in [0, 0.05) is 38.1 Å². The molecular formula is C17H27N3O3. The summed E-state index contributed by atoms with van der Waals surface area (Å²) in [5.41, 5.74) is 0. The van der Waals surface area contributed by atoms with Crippen molar-refractivity contribution in [3.05, 3.63) is 24.2 Å². The highest BCUT2D eigenvalue weighted by molar-refractivity contribution is 5.74. The molecule has 6 nitrogen and oxygen atoms in total. The summed E-state index contributed by atoms with van der Waals surface area (Å²) >= 11 is 0. The first kappa shape index (κ1) is 16.3. The fourth-order valence-electron chi connectivity index (χ4n) is 3.34. The summed E-state index contributed by atoms with van der Waals surface area (Å²) in [6.07, 6.45) is 5.94. The molecule has 2 amide bonds. The Labute approximate surface area is 137 Å². The zero-order chi connectivity index (χ0) is 16.2. The van der Waals surface area contributed by atoms with E-state index in [9.17, 15) is 9.90 Å². The second-order valence-electron chi connectivity index (χ2n) is 6.70. The lowest BCUT2D eigenvalue weighted by molar-refractivity contribution is 0.107. The fraction of sp³-hybridized carbons (Fsp3) is 0.706. The van der Waals surface area contributed by atoms with Gasteiger partial charge in [0.2, 0.25) is 0 Å². The van der Waals surface area contributed by atoms with Crippen molar-refractivity contribution in [1.82, 2.24) is 15.1 Å². The van der Waals surface area contributed by atoms with Gasteiger partial charge in [-0.1, -0.05) is 0 Å². The molecular weight excluding hydrogens is 294 g/mol. The quantitative estimate of drug-likeness (QED) is 0.806. The number of urea groups is 1. The van der Waals surface area contributed by atoms with E-state index < -0.39 is 6.10 Å². The standard InChI is InChI=1S/C17H27N3O3/c1-19(13-6-7-13)10-8-18-17(22)20-9-2-4-14(20)12-15(21)16-5-3-11-23-16/h3,5,11,13-15,21H,2,4,6-10,12H2,1H3,(H,18,22). The molecule has 1 aromatic rings. The van der Waals surface area contributed by atoms with E-state index in [1.54, 1.807) is 18.4 Å². The molecule has 2 heterocycles. The third-order valence-electron chi connectivity index (χ3n) is 4.92. The summed E-state index contributed by atoms with van der Waals surface area (Å²) in [6, 6.07) is 4.33. The van der Waals surface area contributed by atoms with Crippen molar-refractivity contribution in [2.75, 3.05) is 26.7 Å². The first-order chi connectivity index (χ1) is 11.1. The molecule has 0 radical (unpaired) electrons. The highest BCUT2D eigenvalue weighted by atomic mass is 16.4. The minimum absolute atomic E-state index is 0.0108. The van der Waals surface area contributed by atoms with Crippen LogP contribution in [-0.4, -0.2) is 59.7 Å². The van der Waals surface area contributed by atoms with Gasteiger partial charge in [-0.3, -0.25) is 0 Å². The normalized spacial score (nSPS) is 22.6. The second-order valence-corrected chi connectivity index (χ2v) is 6.70. The molecule has 1 aliphatic carbocycles. The van der Waals surface area contributed by atoms with E-state index in [1.165, 1.54) is 12.8 Å². The molecule has 2 unspecified atom stereocenters. The van der Waals surface area contributed by atoms with Crippen LogP contribution in [0.2, 0.25) is 0 Å². The van der Waals surface area contributed by atoms with E-state index in [4.69, 9.17) is 4.42 Å². The number of likely N-dealkylation sites (N-methyl/N-ethyl adjacent to an activating group) is 1. The Bertz CT molecular complexity index is 501. The molecule has 2 N–H and O–H groups in total. The molecule has 1 saturated carbocycles. The van der Waals surface area contributed by atoms with Gasteiger partial charge in [0.15, 0.2) is 0 Å². The van der Waals surface area contributed by atoms with Gasteiger partial charge in [-0.15, -0.1) is 0 Å². The van der Waals surface area contributed by atoms with Crippen LogP contribution in [0.3, 0.4) is 0 Å². The van der Waals surface area contributed by atoms with Gasteiger partial charge in [-0.05, 0) is 44.9 Å². The van der Waals surface area contributed by atoms with Crippen LogP contribution in [0.15, 0.2) is 22.8 Å². The lowest BCUT2D eigenvalue weighted by Crippen LogP contribution is -2.45. The fourth-order valence-corrected chi connectivity index (χ4v) is 3.34. The van der Waals surface area contributed by atoms with Gasteiger partial charge in [0.25, 0.3) is 0 Å². The van der Waals surface area contributed by atoms with Crippen LogP contribution in [0.1, 0.15) is 44.0 Å². The number of carbonyl (C=O) groups is 1. The van der Waals surface area contributed by atoms with Gasteiger partial charge in [-0.25, -0.2) is 4.79 Å². The van der Waals surface area contributed by atoms with Crippen LogP contribution < -0.4 is 5.32 Å². The zero-order valence-electron chi connectivity index (χ0n) is 13.8. The number of hydrogen-bond donors (Lipinski definition) is 2. The van der Waals surface area contributed by atoms with Crippen LogP contribution in [0.5, 0.6) is 0 Å². The minimum atomic E-state index is -0.649. The van der Waals surface area contributed by atoms with E-state index >= 15 is 0 Å². The Balaban J connectivity index is 1.44. The Hall–Kier alpha value is -1.53. The van der Waals surface area contributed by atoms with Gasteiger partial charge in [-0.2, -0.15) is 0 Å². The van der Waals surface area contributed by atoms with Crippen LogP contribution in [0.4, 0.5) is 4.79 Å². The third kappa shape index (κ3) is 4.26. The molecule has 0 bridgehead atoms. The van der Waals surface area contributed by atoms with Gasteiger partial charge in [0.05, 0.1) is 6.26 Å². The predicted molar refractivity (Wildman–Crippen MR) is 87.1 cm³/mol. The SMILES string of the molecule is CN(CCNC(=O)N1CCCC1CC(O)c1ccco1)C1CC1. The number of carbonyl (C=O) groups excluding carboxylic acids is 1. The summed E-state index contributed by atoms with van der Waals surface area (Å²) in [7, 11) is 2.11. The van der Waals surface area contributed by atoms with E-state index in [1.807, 2.05) is 4.90 Å².